The van der Waals surface area contributed by atoms with Crippen molar-refractivity contribution in [2.75, 3.05) is 12.4 Å². The molecule has 0 spiro atoms. The van der Waals surface area contributed by atoms with E-state index in [9.17, 15) is 13.2 Å². The highest BCUT2D eigenvalue weighted by molar-refractivity contribution is 7.89. The Morgan fingerprint density at radius 3 is 2.39 bits per heavy atom. The van der Waals surface area contributed by atoms with Crippen LogP contribution in [0.1, 0.15) is 10.4 Å². The van der Waals surface area contributed by atoms with E-state index in [1.807, 2.05) is 0 Å². The van der Waals surface area contributed by atoms with Crippen molar-refractivity contribution in [3.05, 3.63) is 78.4 Å². The van der Waals surface area contributed by atoms with Crippen molar-refractivity contribution in [1.29, 1.82) is 0 Å². The van der Waals surface area contributed by atoms with Gasteiger partial charge in [0, 0.05) is 11.8 Å². The number of amides is 1. The smallest absolute Gasteiger partial charge is 0.259 e. The number of rotatable bonds is 6. The second-order valence-electron chi connectivity index (χ2n) is 5.80. The fraction of sp³-hybridized carbons (Fsp3) is 0.0500. The van der Waals surface area contributed by atoms with E-state index in [1.54, 1.807) is 61.7 Å². The Morgan fingerprint density at radius 2 is 1.64 bits per heavy atom. The molecule has 3 aromatic carbocycles. The summed E-state index contributed by atoms with van der Waals surface area (Å²) in [7, 11) is -2.32. The van der Waals surface area contributed by atoms with E-state index < -0.39 is 15.9 Å². The Kier molecular flexibility index (Phi) is 5.62. The van der Waals surface area contributed by atoms with Gasteiger partial charge in [0.1, 0.15) is 17.2 Å². The van der Waals surface area contributed by atoms with Crippen LogP contribution in [0.4, 0.5) is 5.69 Å². The van der Waals surface area contributed by atoms with Crippen LogP contribution in [0.2, 0.25) is 0 Å². The van der Waals surface area contributed by atoms with E-state index in [1.165, 1.54) is 18.2 Å². The van der Waals surface area contributed by atoms with Gasteiger partial charge in [0.15, 0.2) is 0 Å². The molecule has 0 saturated carbocycles. The number of sulfonamides is 1. The molecule has 0 fully saturated rings. The van der Waals surface area contributed by atoms with Gasteiger partial charge in [-0.3, -0.25) is 4.79 Å². The molecule has 8 heteroatoms. The van der Waals surface area contributed by atoms with Crippen molar-refractivity contribution in [1.82, 2.24) is 0 Å². The maximum atomic E-state index is 12.7. The number of carbonyl (C=O) groups is 1. The van der Waals surface area contributed by atoms with Gasteiger partial charge in [0.25, 0.3) is 5.91 Å². The first-order valence-corrected chi connectivity index (χ1v) is 9.76. The first-order chi connectivity index (χ1) is 13.4. The van der Waals surface area contributed by atoms with Crippen LogP contribution in [-0.4, -0.2) is 21.4 Å². The van der Waals surface area contributed by atoms with Crippen molar-refractivity contribution in [3.63, 3.8) is 0 Å². The minimum Gasteiger partial charge on any atom is -0.497 e. The van der Waals surface area contributed by atoms with Crippen LogP contribution in [0.3, 0.4) is 0 Å². The van der Waals surface area contributed by atoms with Crippen molar-refractivity contribution in [2.45, 2.75) is 4.90 Å². The second-order valence-corrected chi connectivity index (χ2v) is 7.37. The molecule has 0 aromatic heterocycles. The number of carbonyl (C=O) groups excluding carboxylic acids is 1. The van der Waals surface area contributed by atoms with Gasteiger partial charge >= 0.3 is 0 Å². The van der Waals surface area contributed by atoms with Crippen LogP contribution in [0.25, 0.3) is 0 Å². The first-order valence-electron chi connectivity index (χ1n) is 8.22. The number of nitrogens with one attached hydrogen (secondary N) is 1. The van der Waals surface area contributed by atoms with Gasteiger partial charge in [-0.05, 0) is 42.5 Å². The summed E-state index contributed by atoms with van der Waals surface area (Å²) in [6.07, 6.45) is 0. The number of primary sulfonamides is 1. The molecule has 0 radical (unpaired) electrons. The van der Waals surface area contributed by atoms with Gasteiger partial charge in [-0.25, -0.2) is 13.6 Å². The summed E-state index contributed by atoms with van der Waals surface area (Å²) in [6.45, 7) is 0. The molecule has 3 N–H and O–H groups in total. The summed E-state index contributed by atoms with van der Waals surface area (Å²) in [5, 5.41) is 7.79. The number of para-hydroxylation sites is 1. The molecule has 0 aliphatic rings. The van der Waals surface area contributed by atoms with E-state index in [2.05, 4.69) is 5.32 Å². The van der Waals surface area contributed by atoms with Crippen molar-refractivity contribution in [2.24, 2.45) is 5.14 Å². The SMILES string of the molecule is COc1cccc(Oc2ccccc2C(=O)Nc2cccc(S(N)(=O)=O)c2)c1. The zero-order chi connectivity index (χ0) is 20.1. The quantitative estimate of drug-likeness (QED) is 0.662. The Balaban J connectivity index is 1.85. The molecule has 3 aromatic rings. The number of nitrogens with two attached hydrogens (primary N) is 1. The molecule has 0 bridgehead atoms. The molecule has 0 heterocycles. The maximum absolute atomic E-state index is 12.7. The van der Waals surface area contributed by atoms with Gasteiger partial charge < -0.3 is 14.8 Å². The van der Waals surface area contributed by atoms with Crippen molar-refractivity contribution < 1.29 is 22.7 Å². The van der Waals surface area contributed by atoms with E-state index in [0.717, 1.165) is 0 Å². The number of ether oxygens (including phenoxy) is 2. The average Bonchev–Trinajstić information content (AvgIpc) is 2.68. The van der Waals surface area contributed by atoms with E-state index in [4.69, 9.17) is 14.6 Å². The lowest BCUT2D eigenvalue weighted by Gasteiger charge is -2.12. The summed E-state index contributed by atoms with van der Waals surface area (Å²) in [4.78, 5) is 12.6. The van der Waals surface area contributed by atoms with Crippen LogP contribution in [0, 0.1) is 0 Å². The third kappa shape index (κ3) is 4.67. The molecule has 1 amide bonds. The molecule has 0 aliphatic carbocycles. The summed E-state index contributed by atoms with van der Waals surface area (Å²) in [5.41, 5.74) is 0.582. The Morgan fingerprint density at radius 1 is 0.929 bits per heavy atom. The molecular weight excluding hydrogens is 380 g/mol. The molecule has 28 heavy (non-hydrogen) atoms. The molecule has 0 unspecified atom stereocenters. The van der Waals surface area contributed by atoms with Gasteiger partial charge in [0.05, 0.1) is 17.6 Å². The first kappa shape index (κ1) is 19.4. The van der Waals surface area contributed by atoms with E-state index in [-0.39, 0.29) is 10.5 Å². The molecular formula is C20H18N2O5S. The maximum Gasteiger partial charge on any atom is 0.259 e. The average molecular weight is 398 g/mol. The predicted molar refractivity (Wildman–Crippen MR) is 105 cm³/mol. The van der Waals surface area contributed by atoms with Crippen LogP contribution < -0.4 is 19.9 Å². The lowest BCUT2D eigenvalue weighted by Crippen LogP contribution is -2.15. The standard InChI is InChI=1S/C20H18N2O5S/c1-26-15-7-5-8-16(13-15)27-19-11-3-2-10-18(19)20(23)22-14-6-4-9-17(12-14)28(21,24)25/h2-13H,1H3,(H,22,23)(H2,21,24,25). The molecule has 0 aliphatic heterocycles. The fourth-order valence-electron chi connectivity index (χ4n) is 2.48. The van der Waals surface area contributed by atoms with Crippen molar-refractivity contribution in [3.8, 4) is 17.2 Å². The Bertz CT molecular complexity index is 1110. The lowest BCUT2D eigenvalue weighted by molar-refractivity contribution is 0.102. The Hall–Kier alpha value is -3.36. The third-order valence-electron chi connectivity index (χ3n) is 3.82. The van der Waals surface area contributed by atoms with Crippen molar-refractivity contribution >= 4 is 21.6 Å². The fourth-order valence-corrected chi connectivity index (χ4v) is 3.04. The van der Waals surface area contributed by atoms with Gasteiger partial charge in [-0.1, -0.05) is 24.3 Å². The minimum absolute atomic E-state index is 0.0915. The third-order valence-corrected chi connectivity index (χ3v) is 4.73. The molecule has 0 saturated heterocycles. The largest absolute Gasteiger partial charge is 0.497 e. The number of anilines is 1. The monoisotopic (exact) mass is 398 g/mol. The van der Waals surface area contributed by atoms with Gasteiger partial charge in [0.2, 0.25) is 10.0 Å². The summed E-state index contributed by atoms with van der Waals surface area (Å²) >= 11 is 0. The minimum atomic E-state index is -3.87. The number of hydrogen-bond acceptors (Lipinski definition) is 5. The van der Waals surface area contributed by atoms with Gasteiger partial charge in [-0.15, -0.1) is 0 Å². The summed E-state index contributed by atoms with van der Waals surface area (Å²) in [5.74, 6) is 1.02. The number of hydrogen-bond donors (Lipinski definition) is 2. The zero-order valence-corrected chi connectivity index (χ0v) is 15.8. The van der Waals surface area contributed by atoms with Gasteiger partial charge in [-0.2, -0.15) is 0 Å². The molecule has 3 rings (SSSR count). The van der Waals surface area contributed by atoms with Crippen LogP contribution >= 0.6 is 0 Å². The van der Waals surface area contributed by atoms with Crippen LogP contribution in [-0.2, 0) is 10.0 Å². The second kappa shape index (κ2) is 8.12. The van der Waals surface area contributed by atoms with E-state index in [0.29, 0.717) is 22.9 Å². The summed E-state index contributed by atoms with van der Waals surface area (Å²) in [6, 6.07) is 19.4. The predicted octanol–water partition coefficient (Wildman–Crippen LogP) is 3.39. The number of methoxy groups -OCH3 is 1. The lowest BCUT2D eigenvalue weighted by atomic mass is 10.1. The normalized spacial score (nSPS) is 10.9. The van der Waals surface area contributed by atoms with Crippen LogP contribution in [0.5, 0.6) is 17.2 Å². The highest BCUT2D eigenvalue weighted by atomic mass is 32.2. The molecule has 144 valence electrons. The molecule has 0 atom stereocenters. The Labute approximate surface area is 162 Å². The topological polar surface area (TPSA) is 108 Å². The van der Waals surface area contributed by atoms with Crippen LogP contribution in [0.15, 0.2) is 77.7 Å². The highest BCUT2D eigenvalue weighted by Crippen LogP contribution is 2.28. The highest BCUT2D eigenvalue weighted by Gasteiger charge is 2.15. The summed E-state index contributed by atoms with van der Waals surface area (Å²) < 4.78 is 34.0. The number of benzene rings is 3. The van der Waals surface area contributed by atoms with E-state index >= 15 is 0 Å². The zero-order valence-electron chi connectivity index (χ0n) is 15.0. The molecule has 7 nitrogen and oxygen atoms in total.